The van der Waals surface area contributed by atoms with Crippen LogP contribution in [0.3, 0.4) is 0 Å². The number of ether oxygens (including phenoxy) is 1. The van der Waals surface area contributed by atoms with Gasteiger partial charge in [0.15, 0.2) is 44.5 Å². The number of carbonyl (C=O) groups excluding carboxylic acids is 4. The Morgan fingerprint density at radius 3 is 2.06 bits per heavy atom. The molecule has 2 aliphatic heterocycles. The van der Waals surface area contributed by atoms with Crippen LogP contribution in [0.2, 0.25) is 0 Å². The van der Waals surface area contributed by atoms with Crippen molar-refractivity contribution >= 4 is 84.4 Å². The SMILES string of the molecule is COc1cc([C@H]2C3=CC[C@@H]4C(=O)N(C5CCCCC5)C(=O)[C@@H]4[C@@H]3C[C@@]3(Cl)C(=O)N(c4c(F)c(F)c(F)c(F)c4F)C(=O)[C@@]23Cl)c(Br)c(Br)c1O. The van der Waals surface area contributed by atoms with Crippen LogP contribution in [0.15, 0.2) is 26.7 Å². The van der Waals surface area contributed by atoms with Crippen LogP contribution in [-0.2, 0) is 19.2 Å². The maximum atomic E-state index is 15.3. The maximum absolute atomic E-state index is 15.3. The first kappa shape index (κ1) is 35.6. The smallest absolute Gasteiger partial charge is 0.258 e. The summed E-state index contributed by atoms with van der Waals surface area (Å²) in [5.41, 5.74) is -1.52. The number of aromatic hydroxyl groups is 1. The first-order chi connectivity index (χ1) is 23.5. The number of phenolic OH excluding ortho intramolecular Hbond substituents is 1. The number of alkyl halides is 2. The lowest BCUT2D eigenvalue weighted by atomic mass is 9.56. The lowest BCUT2D eigenvalue weighted by Crippen LogP contribution is -2.60. The highest BCUT2D eigenvalue weighted by atomic mass is 79.9. The summed E-state index contributed by atoms with van der Waals surface area (Å²) in [5, 5.41) is 10.7. The van der Waals surface area contributed by atoms with E-state index >= 15 is 8.78 Å². The number of benzene rings is 2. The molecule has 4 fully saturated rings. The van der Waals surface area contributed by atoms with Crippen molar-refractivity contribution < 1.29 is 51.0 Å². The molecule has 7 rings (SSSR count). The molecule has 266 valence electrons. The second-order valence-electron chi connectivity index (χ2n) is 13.2. The number of phenols is 1. The molecule has 0 unspecified atom stereocenters. The molecule has 17 heteroatoms. The topological polar surface area (TPSA) is 104 Å². The van der Waals surface area contributed by atoms with Crippen LogP contribution in [0.1, 0.15) is 56.4 Å². The van der Waals surface area contributed by atoms with Gasteiger partial charge in [-0.3, -0.25) is 24.1 Å². The molecular formula is C33H25Br2Cl2F5N2O6. The van der Waals surface area contributed by atoms with Crippen LogP contribution in [0.4, 0.5) is 27.6 Å². The first-order valence-corrected chi connectivity index (χ1v) is 18.0. The average molecular weight is 871 g/mol. The quantitative estimate of drug-likeness (QED) is 0.0853. The minimum absolute atomic E-state index is 0.00712. The van der Waals surface area contributed by atoms with Gasteiger partial charge in [-0.25, -0.2) is 26.9 Å². The van der Waals surface area contributed by atoms with Crippen LogP contribution in [-0.4, -0.2) is 56.5 Å². The molecule has 0 bridgehead atoms. The Hall–Kier alpha value is -2.75. The second kappa shape index (κ2) is 12.2. The Morgan fingerprint density at radius 1 is 0.860 bits per heavy atom. The molecule has 6 atom stereocenters. The number of anilines is 1. The lowest BCUT2D eigenvalue weighted by molar-refractivity contribution is -0.143. The summed E-state index contributed by atoms with van der Waals surface area (Å²) in [4.78, 5) is 52.7. The minimum atomic E-state index is -2.72. The summed E-state index contributed by atoms with van der Waals surface area (Å²) in [7, 11) is 1.23. The van der Waals surface area contributed by atoms with Gasteiger partial charge >= 0.3 is 0 Å². The van der Waals surface area contributed by atoms with Gasteiger partial charge in [0.1, 0.15) is 5.69 Å². The summed E-state index contributed by atoms with van der Waals surface area (Å²) < 4.78 is 79.0. The summed E-state index contributed by atoms with van der Waals surface area (Å²) in [6.45, 7) is 0. The second-order valence-corrected chi connectivity index (χ2v) is 16.0. The zero-order valence-electron chi connectivity index (χ0n) is 25.8. The normalized spacial score (nSPS) is 31.2. The molecular weight excluding hydrogens is 846 g/mol. The molecule has 3 aliphatic carbocycles. The number of hydrogen-bond donors (Lipinski definition) is 1. The molecule has 2 saturated heterocycles. The van der Waals surface area contributed by atoms with Crippen molar-refractivity contribution in [2.75, 3.05) is 12.0 Å². The number of halogens is 9. The van der Waals surface area contributed by atoms with E-state index in [4.69, 9.17) is 27.9 Å². The van der Waals surface area contributed by atoms with Gasteiger partial charge in [0.05, 0.1) is 23.4 Å². The zero-order chi connectivity index (χ0) is 36.4. The average Bonchev–Trinajstić information content (AvgIpc) is 3.44. The van der Waals surface area contributed by atoms with Crippen LogP contribution in [0.5, 0.6) is 11.5 Å². The standard InChI is InChI=1S/C33H25Br2Cl2F5N2O6/c1-50-16-9-14(19(34)20(35)27(16)45)18-12-7-8-13-17(29(47)43(28(13)46)11-5-3-2-4-6-11)15(12)10-32(36)30(48)44(31(49)33(18,32)37)26-24(41)22(39)21(38)23(40)25(26)42/h7,9,11,13,15,17-18,45H,2-6,8,10H2,1H3/t13-,15+,17-,18+,32+,33-/m0/s1. The number of amides is 4. The van der Waals surface area contributed by atoms with Gasteiger partial charge in [-0.05, 0) is 75.1 Å². The zero-order valence-corrected chi connectivity index (χ0v) is 30.5. The summed E-state index contributed by atoms with van der Waals surface area (Å²) in [6.07, 6.45) is 4.87. The predicted octanol–water partition coefficient (Wildman–Crippen LogP) is 7.52. The number of likely N-dealkylation sites (tertiary alicyclic amines) is 1. The van der Waals surface area contributed by atoms with Gasteiger partial charge in [0, 0.05) is 16.4 Å². The molecule has 2 saturated carbocycles. The summed E-state index contributed by atoms with van der Waals surface area (Å²) in [6, 6.07) is 0.945. The van der Waals surface area contributed by atoms with Crippen molar-refractivity contribution in [1.29, 1.82) is 0 Å². The molecule has 0 radical (unpaired) electrons. The van der Waals surface area contributed by atoms with Gasteiger partial charge < -0.3 is 9.84 Å². The van der Waals surface area contributed by atoms with E-state index < -0.39 is 98.2 Å². The number of fused-ring (bicyclic) bond motifs is 4. The van der Waals surface area contributed by atoms with Crippen LogP contribution in [0.25, 0.3) is 0 Å². The van der Waals surface area contributed by atoms with Crippen molar-refractivity contribution in [3.8, 4) is 11.5 Å². The Bertz CT molecular complexity index is 1930. The number of methoxy groups -OCH3 is 1. The first-order valence-electron chi connectivity index (χ1n) is 15.6. The number of hydrogen-bond acceptors (Lipinski definition) is 6. The van der Waals surface area contributed by atoms with E-state index in [9.17, 15) is 37.5 Å². The number of nitrogens with zero attached hydrogens (tertiary/aromatic N) is 2. The van der Waals surface area contributed by atoms with Crippen molar-refractivity contribution in [2.24, 2.45) is 17.8 Å². The molecule has 1 N–H and O–H groups in total. The van der Waals surface area contributed by atoms with E-state index in [0.717, 1.165) is 19.3 Å². The number of imide groups is 2. The fourth-order valence-corrected chi connectivity index (χ4v) is 10.5. The van der Waals surface area contributed by atoms with Gasteiger partial charge in [0.2, 0.25) is 17.6 Å². The molecule has 2 aromatic carbocycles. The van der Waals surface area contributed by atoms with Gasteiger partial charge in [-0.1, -0.05) is 30.9 Å². The lowest BCUT2D eigenvalue weighted by Gasteiger charge is -2.51. The van der Waals surface area contributed by atoms with Crippen LogP contribution >= 0.6 is 55.1 Å². The molecule has 0 aromatic heterocycles. The van der Waals surface area contributed by atoms with Crippen molar-refractivity contribution in [1.82, 2.24) is 4.90 Å². The Balaban J connectivity index is 1.46. The highest BCUT2D eigenvalue weighted by Gasteiger charge is 2.77. The van der Waals surface area contributed by atoms with E-state index in [-0.39, 0.29) is 48.9 Å². The maximum Gasteiger partial charge on any atom is 0.258 e. The molecule has 5 aliphatic rings. The van der Waals surface area contributed by atoms with Gasteiger partial charge in [0.25, 0.3) is 11.8 Å². The fourth-order valence-electron chi connectivity index (χ4n) is 8.61. The third-order valence-corrected chi connectivity index (χ3v) is 14.5. The van der Waals surface area contributed by atoms with Crippen molar-refractivity contribution in [2.45, 2.75) is 66.7 Å². The van der Waals surface area contributed by atoms with Crippen molar-refractivity contribution in [3.05, 3.63) is 61.3 Å². The largest absolute Gasteiger partial charge is 0.503 e. The third kappa shape index (κ3) is 4.50. The molecule has 2 aromatic rings. The van der Waals surface area contributed by atoms with E-state index in [2.05, 4.69) is 31.9 Å². The van der Waals surface area contributed by atoms with E-state index in [1.807, 2.05) is 0 Å². The Morgan fingerprint density at radius 2 is 1.46 bits per heavy atom. The number of carbonyl (C=O) groups is 4. The molecule has 8 nitrogen and oxygen atoms in total. The Kier molecular flexibility index (Phi) is 8.67. The summed E-state index contributed by atoms with van der Waals surface area (Å²) in [5.74, 6) is -21.4. The van der Waals surface area contributed by atoms with E-state index in [0.29, 0.717) is 12.8 Å². The molecule has 2 heterocycles. The predicted molar refractivity (Wildman–Crippen MR) is 175 cm³/mol. The third-order valence-electron chi connectivity index (χ3n) is 10.9. The molecule has 4 amide bonds. The number of rotatable bonds is 4. The van der Waals surface area contributed by atoms with E-state index in [1.54, 1.807) is 6.08 Å². The van der Waals surface area contributed by atoms with E-state index in [1.165, 1.54) is 18.1 Å². The van der Waals surface area contributed by atoms with Crippen LogP contribution < -0.4 is 9.64 Å². The minimum Gasteiger partial charge on any atom is -0.503 e. The highest BCUT2D eigenvalue weighted by molar-refractivity contribution is 9.13. The number of allylic oxidation sites excluding steroid dienone is 2. The van der Waals surface area contributed by atoms with Gasteiger partial charge in [-0.2, -0.15) is 0 Å². The molecule has 50 heavy (non-hydrogen) atoms. The Labute approximate surface area is 308 Å². The van der Waals surface area contributed by atoms with Crippen LogP contribution in [0, 0.1) is 46.8 Å². The highest BCUT2D eigenvalue weighted by Crippen LogP contribution is 2.67. The fraction of sp³-hybridized carbons (Fsp3) is 0.455. The summed E-state index contributed by atoms with van der Waals surface area (Å²) >= 11 is 21.0. The molecule has 0 spiro atoms. The van der Waals surface area contributed by atoms with Crippen molar-refractivity contribution in [3.63, 3.8) is 0 Å². The van der Waals surface area contributed by atoms with Gasteiger partial charge in [-0.15, -0.1) is 23.2 Å². The monoisotopic (exact) mass is 868 g/mol.